The Morgan fingerprint density at radius 2 is 1.07 bits per heavy atom. The molecule has 3 aliphatic heterocycles. The summed E-state index contributed by atoms with van der Waals surface area (Å²) in [6.45, 7) is 6.08. The number of aromatic nitrogens is 5. The normalized spacial score (nSPS) is 24.7. The van der Waals surface area contributed by atoms with Crippen LogP contribution in [0.2, 0.25) is 0 Å². The summed E-state index contributed by atoms with van der Waals surface area (Å²) in [5.74, 6) is -17.5. The van der Waals surface area contributed by atoms with Gasteiger partial charge in [0.1, 0.15) is 90.3 Å². The molecule has 10 rings (SSSR count). The number of hydrogen-bond donors (Lipinski definition) is 18. The lowest BCUT2D eigenvalue weighted by Crippen LogP contribution is -2.62. The average molecular weight is 1900 g/mol. The van der Waals surface area contributed by atoms with E-state index in [4.69, 9.17) is 11.5 Å². The topological polar surface area (TPSA) is 613 Å². The number of primary amides is 2. The number of pyridine rings is 1. The highest BCUT2D eigenvalue weighted by Gasteiger charge is 2.47. The lowest BCUT2D eigenvalue weighted by Gasteiger charge is -2.36. The van der Waals surface area contributed by atoms with E-state index in [0.29, 0.717) is 75.4 Å². The molecule has 136 heavy (non-hydrogen) atoms. The largest absolute Gasteiger partial charge is 0.508 e. The van der Waals surface area contributed by atoms with Crippen LogP contribution in [0.3, 0.4) is 0 Å². The standard InChI is InChI=1S/C93H124N22O20S/c1-9-11-24-73-86(128)103-64(35-54-19-17-31-96-41-54)82(124)110-72(81(123)100-45-78(95)120)48-136-49-79(121)102-68(34-53-27-29-58(117)30-28-53)89(131)111(6)52(5)80(122)106-70(40-77(94)119)91(133)114-32-18-26-74(114)87(129)105-66(38-57-44-97-50-101-57)84(126)107-67(33-51(3)4)92(134)115-46-59(118)39-76(115)88(130)104-65(36-55-42-98-62-22-15-13-20-60(55)62)83(125)109-71(47-116)85(127)108-69(37-56-43-99-63-23-16-14-21-61(56)63)90(132)113(8)75(25-12-10-2)93(135)112(73)7/h13-17,19-23,27-31,41-44,50-52,59,64-76,98-99,116-118H,9-12,18,24-26,32-40,45-49H2,1-8H3,(H2,94,119)(H2,95,120)(H,97,101)(H,100,123)(H,102,121)(H,103,128)(H,104,130)(H,105,129)(H,106,122)(H,107,126)(H,108,127)(H,109,125)(H,110,124)/t52-,59+,64-,65-,66-,67-,68-,69-,70-,71-,72-,73-,74-,75-,76?/m0/s1. The molecule has 3 aliphatic rings. The van der Waals surface area contributed by atoms with Gasteiger partial charge in [-0.25, -0.2) is 4.98 Å². The zero-order valence-electron chi connectivity index (χ0n) is 77.3. The molecule has 42 nitrogen and oxygen atoms in total. The van der Waals surface area contributed by atoms with Crippen LogP contribution in [0.15, 0.2) is 122 Å². The number of rotatable bonds is 24. The number of likely N-dealkylation sites (N-methyl/N-ethyl adjacent to an activating group) is 3. The van der Waals surface area contributed by atoms with E-state index in [0.717, 1.165) is 31.4 Å². The van der Waals surface area contributed by atoms with E-state index in [-0.39, 0.29) is 82.4 Å². The van der Waals surface area contributed by atoms with Gasteiger partial charge in [0.05, 0.1) is 37.8 Å². The summed E-state index contributed by atoms with van der Waals surface area (Å²) in [6, 6.07) is 1.06. The van der Waals surface area contributed by atoms with Crippen molar-refractivity contribution in [2.45, 2.75) is 228 Å². The number of benzene rings is 3. The highest BCUT2D eigenvalue weighted by atomic mass is 32.2. The summed E-state index contributed by atoms with van der Waals surface area (Å²) in [7, 11) is 3.94. The molecule has 0 bridgehead atoms. The highest BCUT2D eigenvalue weighted by molar-refractivity contribution is 8.00. The van der Waals surface area contributed by atoms with E-state index in [1.807, 2.05) is 13.8 Å². The van der Waals surface area contributed by atoms with Crippen LogP contribution in [0.5, 0.6) is 5.75 Å². The number of H-pyrrole nitrogens is 3. The van der Waals surface area contributed by atoms with Crippen LogP contribution in [0, 0.1) is 5.92 Å². The van der Waals surface area contributed by atoms with Crippen molar-refractivity contribution in [1.29, 1.82) is 0 Å². The number of aromatic amines is 3. The van der Waals surface area contributed by atoms with Gasteiger partial charge in [-0.2, -0.15) is 0 Å². The Kier molecular flexibility index (Phi) is 37.9. The molecule has 4 aromatic heterocycles. The Hall–Kier alpha value is -13.8. The Bertz CT molecular complexity index is 5410. The number of para-hydroxylation sites is 2. The van der Waals surface area contributed by atoms with Gasteiger partial charge in [-0.05, 0) is 97.5 Å². The number of fused-ring (bicyclic) bond motifs is 4. The highest BCUT2D eigenvalue weighted by Crippen LogP contribution is 2.28. The first kappa shape index (κ1) is 104. The van der Waals surface area contributed by atoms with Crippen molar-refractivity contribution in [3.63, 3.8) is 0 Å². The summed E-state index contributed by atoms with van der Waals surface area (Å²) in [5.41, 5.74) is 14.6. The predicted octanol–water partition coefficient (Wildman–Crippen LogP) is -1.55. The Labute approximate surface area is 789 Å². The number of aromatic hydroxyl groups is 1. The number of unbranched alkanes of at least 4 members (excludes halogenated alkanes) is 2. The third kappa shape index (κ3) is 28.2. The second kappa shape index (κ2) is 49.4. The van der Waals surface area contributed by atoms with Gasteiger partial charge in [0, 0.05) is 137 Å². The van der Waals surface area contributed by atoms with E-state index in [1.165, 1.54) is 82.1 Å². The number of phenols is 1. The number of nitrogens with two attached hydrogens (primary N) is 2. The number of nitrogens with zero attached hydrogens (tertiary/aromatic N) is 7. The van der Waals surface area contributed by atoms with E-state index in [9.17, 15) is 53.7 Å². The van der Waals surface area contributed by atoms with Gasteiger partial charge in [-0.1, -0.05) is 108 Å². The molecule has 7 heterocycles. The molecule has 43 heteroatoms. The molecule has 3 saturated heterocycles. The number of hydrogen-bond acceptors (Lipinski definition) is 23. The van der Waals surface area contributed by atoms with Gasteiger partial charge in [0.15, 0.2) is 0 Å². The zero-order chi connectivity index (χ0) is 98.7. The number of aliphatic hydroxyl groups is 2. The molecular formula is C93H124N22O20S. The fourth-order valence-electron chi connectivity index (χ4n) is 17.0. The van der Waals surface area contributed by atoms with E-state index in [2.05, 4.69) is 78.1 Å². The van der Waals surface area contributed by atoms with Crippen molar-refractivity contribution in [3.8, 4) is 5.75 Å². The number of thioether (sulfide) groups is 1. The maximum atomic E-state index is 15.8. The molecule has 732 valence electrons. The van der Waals surface area contributed by atoms with Crippen LogP contribution in [0.1, 0.15) is 133 Å². The molecule has 20 N–H and O–H groups in total. The minimum Gasteiger partial charge on any atom is -0.508 e. The fourth-order valence-corrected chi connectivity index (χ4v) is 17.8. The minimum atomic E-state index is -1.89. The van der Waals surface area contributed by atoms with E-state index >= 15 is 43.2 Å². The maximum Gasteiger partial charge on any atom is 0.246 e. The number of carbonyl (C=O) groups is 17. The Morgan fingerprint density at radius 1 is 0.529 bits per heavy atom. The lowest BCUT2D eigenvalue weighted by atomic mass is 9.99. The molecule has 7 aromatic rings. The predicted molar refractivity (Wildman–Crippen MR) is 499 cm³/mol. The first-order valence-corrected chi connectivity index (χ1v) is 46.7. The lowest BCUT2D eigenvalue weighted by molar-refractivity contribution is -0.149. The summed E-state index contributed by atoms with van der Waals surface area (Å²) < 4.78 is 0. The Morgan fingerprint density at radius 3 is 1.67 bits per heavy atom. The van der Waals surface area contributed by atoms with Gasteiger partial charge in [0.25, 0.3) is 0 Å². The van der Waals surface area contributed by atoms with Crippen LogP contribution >= 0.6 is 11.8 Å². The van der Waals surface area contributed by atoms with Gasteiger partial charge < -0.3 is 119 Å². The monoisotopic (exact) mass is 1900 g/mol. The van der Waals surface area contributed by atoms with E-state index in [1.54, 1.807) is 86.9 Å². The second-order valence-electron chi connectivity index (χ2n) is 35.1. The minimum absolute atomic E-state index is 0.00139. The molecule has 0 aliphatic carbocycles. The molecule has 0 saturated carbocycles. The molecule has 17 amide bonds. The molecule has 0 spiro atoms. The number of amides is 17. The zero-order valence-corrected chi connectivity index (χ0v) is 78.1. The van der Waals surface area contributed by atoms with Crippen molar-refractivity contribution < 1.29 is 96.8 Å². The molecule has 15 atom stereocenters. The first-order valence-electron chi connectivity index (χ1n) is 45.5. The third-order valence-electron chi connectivity index (χ3n) is 24.5. The summed E-state index contributed by atoms with van der Waals surface area (Å²) in [4.78, 5) is 274. The Balaban J connectivity index is 1.02. The smallest absolute Gasteiger partial charge is 0.246 e. The van der Waals surface area contributed by atoms with Gasteiger partial charge in [0.2, 0.25) is 100 Å². The van der Waals surface area contributed by atoms with Crippen LogP contribution in [-0.4, -0.2) is 315 Å². The molecule has 0 radical (unpaired) electrons. The summed E-state index contributed by atoms with van der Waals surface area (Å²) >= 11 is 0.777. The van der Waals surface area contributed by atoms with Gasteiger partial charge in [-0.3, -0.25) is 86.5 Å². The SMILES string of the molecule is CCCC[C@H]1C(=O)N(C)[C@@H](CCCC)C(=O)N[C@@H](Cc2cccnc2)C(=O)N[C@H](C(=O)NCC(N)=O)CSCC(=O)N[C@@H](Cc2ccc(O)cc2)C(=O)N(C)[C@@H](C)C(=O)N[C@@H](CC(N)=O)C(=O)N2CCC[C@H]2C(=O)N[C@@H](Cc2cnc[nH]2)C(=O)N[C@@H](CC(C)C)C(=O)N2C[C@H](O)CC2C(=O)N[C@@H](Cc2c[nH]c3ccccc23)C(=O)N[C@@H](CO)C(=O)N[C@@H](Cc2c[nH]c3ccccc23)C(=O)N1C. The maximum absolute atomic E-state index is 15.8. The van der Waals surface area contributed by atoms with Crippen molar-refractivity contribution in [1.82, 2.24) is 103 Å². The van der Waals surface area contributed by atoms with Gasteiger partial charge >= 0.3 is 0 Å². The van der Waals surface area contributed by atoms with E-state index < -0.39 is 235 Å². The molecule has 3 fully saturated rings. The number of imidazole rings is 1. The second-order valence-corrected chi connectivity index (χ2v) is 36.1. The van der Waals surface area contributed by atoms with Crippen molar-refractivity contribution in [3.05, 3.63) is 150 Å². The van der Waals surface area contributed by atoms with Crippen molar-refractivity contribution >= 4 is 134 Å². The number of carbonyl (C=O) groups excluding carboxylic acids is 17. The quantitative estimate of drug-likeness (QED) is 0.0325. The van der Waals surface area contributed by atoms with Crippen LogP contribution in [0.4, 0.5) is 0 Å². The number of aliphatic hydroxyl groups excluding tert-OH is 2. The van der Waals surface area contributed by atoms with Gasteiger partial charge in [-0.15, -0.1) is 11.8 Å². The average Bonchev–Trinajstić information content (AvgIpc) is 1.65. The van der Waals surface area contributed by atoms with Crippen LogP contribution in [-0.2, 0) is 114 Å². The molecular weight excluding hydrogens is 1780 g/mol. The molecule has 1 unspecified atom stereocenters. The van der Waals surface area contributed by atoms with Crippen LogP contribution in [0.25, 0.3) is 21.8 Å². The fraction of sp³-hybridized carbons (Fsp3) is 0.495. The van der Waals surface area contributed by atoms with Crippen LogP contribution < -0.4 is 64.6 Å². The van der Waals surface area contributed by atoms with Crippen molar-refractivity contribution in [2.24, 2.45) is 17.4 Å². The first-order chi connectivity index (χ1) is 64.9. The summed E-state index contributed by atoms with van der Waals surface area (Å²) in [6.07, 6.45) is 6.58. The number of phenolic OH excluding ortho intramolecular Hbond substituents is 1. The number of nitrogens with one attached hydrogen (secondary N) is 13. The third-order valence-corrected chi connectivity index (χ3v) is 25.5. The summed E-state index contributed by atoms with van der Waals surface area (Å²) in [5, 5.41) is 60.9. The van der Waals surface area contributed by atoms with Crippen molar-refractivity contribution in [2.75, 3.05) is 58.9 Å². The molecule has 3 aromatic carbocycles.